The zero-order chi connectivity index (χ0) is 28.6. The number of hydrogen-bond donors (Lipinski definition) is 2. The molecule has 1 aliphatic rings. The maximum absolute atomic E-state index is 13.8. The number of sulfonamides is 1. The van der Waals surface area contributed by atoms with Crippen molar-refractivity contribution in [3.8, 4) is 17.0 Å². The second-order valence-electron chi connectivity index (χ2n) is 9.27. The zero-order valence-electron chi connectivity index (χ0n) is 20.8. The van der Waals surface area contributed by atoms with E-state index >= 15 is 0 Å². The Morgan fingerprint density at radius 2 is 1.92 bits per heavy atom. The molecule has 9 nitrogen and oxygen atoms in total. The van der Waals surface area contributed by atoms with E-state index in [9.17, 15) is 31.5 Å². The summed E-state index contributed by atoms with van der Waals surface area (Å²) in [6.07, 6.45) is -3.76. The van der Waals surface area contributed by atoms with Gasteiger partial charge in [0.2, 0.25) is 0 Å². The minimum Gasteiger partial charge on any atom is -0.497 e. The van der Waals surface area contributed by atoms with Crippen molar-refractivity contribution in [1.29, 1.82) is 0 Å². The van der Waals surface area contributed by atoms with Crippen LogP contribution in [-0.2, 0) is 21.0 Å². The first kappa shape index (κ1) is 28.4. The Bertz CT molecular complexity index is 1520. The van der Waals surface area contributed by atoms with Gasteiger partial charge in [0.25, 0.3) is 10.0 Å². The first-order valence-electron chi connectivity index (χ1n) is 11.6. The van der Waals surface area contributed by atoms with Gasteiger partial charge < -0.3 is 14.7 Å². The molecule has 2 aromatic heterocycles. The monoisotopic (exact) mass is 584 g/mol. The van der Waals surface area contributed by atoms with E-state index in [2.05, 4.69) is 14.7 Å². The van der Waals surface area contributed by atoms with Gasteiger partial charge in [0.1, 0.15) is 17.4 Å². The fourth-order valence-corrected chi connectivity index (χ4v) is 5.46. The number of piperidine rings is 1. The minimum atomic E-state index is -4.80. The number of benzene rings is 1. The average Bonchev–Trinajstić information content (AvgIpc) is 2.88. The Labute approximate surface area is 227 Å². The number of carboxylic acid groups (broad SMARTS) is 1. The number of aromatic nitrogens is 2. The van der Waals surface area contributed by atoms with Crippen LogP contribution in [0.3, 0.4) is 0 Å². The summed E-state index contributed by atoms with van der Waals surface area (Å²) in [5.41, 5.74) is -2.83. The number of methoxy groups -OCH3 is 1. The minimum absolute atomic E-state index is 0.0435. The number of carboxylic acids is 1. The Kier molecular flexibility index (Phi) is 7.68. The third-order valence-corrected chi connectivity index (χ3v) is 7.97. The molecule has 1 aliphatic heterocycles. The molecule has 1 fully saturated rings. The fourth-order valence-electron chi connectivity index (χ4n) is 4.29. The van der Waals surface area contributed by atoms with Crippen molar-refractivity contribution in [1.82, 2.24) is 9.97 Å². The highest BCUT2D eigenvalue weighted by Gasteiger charge is 2.39. The van der Waals surface area contributed by atoms with Crippen molar-refractivity contribution in [2.75, 3.05) is 29.8 Å². The molecule has 0 amide bonds. The highest BCUT2D eigenvalue weighted by atomic mass is 35.5. The molecule has 2 N–H and O–H groups in total. The SMILES string of the molecule is COc1ccc(Cl)c(-c2nc(NS(=O)(=O)c3cccc(N4CCCC(C)(C(=O)O)C4)n3)ccc2C(F)(F)F)c1. The van der Waals surface area contributed by atoms with E-state index in [4.69, 9.17) is 16.3 Å². The van der Waals surface area contributed by atoms with E-state index in [1.54, 1.807) is 17.9 Å². The molecule has 39 heavy (non-hydrogen) atoms. The third kappa shape index (κ3) is 6.04. The molecule has 208 valence electrons. The number of pyridine rings is 2. The molecule has 4 rings (SSSR count). The number of carbonyl (C=O) groups is 1. The number of hydrogen-bond acceptors (Lipinski definition) is 7. The number of anilines is 2. The molecule has 0 spiro atoms. The van der Waals surface area contributed by atoms with Crippen molar-refractivity contribution in [3.05, 3.63) is 59.1 Å². The fraction of sp³-hybridized carbons (Fsp3) is 0.320. The normalized spacial score (nSPS) is 18.1. The van der Waals surface area contributed by atoms with Crippen LogP contribution in [0.25, 0.3) is 11.3 Å². The maximum Gasteiger partial charge on any atom is 0.418 e. The second-order valence-corrected chi connectivity index (χ2v) is 11.3. The van der Waals surface area contributed by atoms with Gasteiger partial charge in [-0.2, -0.15) is 21.6 Å². The Morgan fingerprint density at radius 3 is 2.59 bits per heavy atom. The largest absolute Gasteiger partial charge is 0.497 e. The number of ether oxygens (including phenoxy) is 1. The lowest BCUT2D eigenvalue weighted by Crippen LogP contribution is -2.46. The van der Waals surface area contributed by atoms with Crippen molar-refractivity contribution in [3.63, 3.8) is 0 Å². The lowest BCUT2D eigenvalue weighted by molar-refractivity contribution is -0.148. The predicted molar refractivity (Wildman–Crippen MR) is 138 cm³/mol. The molecule has 1 atom stereocenters. The van der Waals surface area contributed by atoms with Crippen LogP contribution in [0.5, 0.6) is 5.75 Å². The molecule has 1 unspecified atom stereocenters. The van der Waals surface area contributed by atoms with Crippen LogP contribution in [0.4, 0.5) is 24.8 Å². The lowest BCUT2D eigenvalue weighted by atomic mass is 9.82. The second kappa shape index (κ2) is 10.5. The van der Waals surface area contributed by atoms with Crippen molar-refractivity contribution < 1.29 is 36.2 Å². The maximum atomic E-state index is 13.8. The summed E-state index contributed by atoms with van der Waals surface area (Å²) in [6, 6.07) is 9.91. The number of aliphatic carboxylic acids is 1. The molecule has 3 heterocycles. The molecule has 3 aromatic rings. The molecule has 1 saturated heterocycles. The van der Waals surface area contributed by atoms with Gasteiger partial charge in [0.15, 0.2) is 5.03 Å². The molecule has 1 aromatic carbocycles. The van der Waals surface area contributed by atoms with Gasteiger partial charge in [-0.3, -0.25) is 9.52 Å². The molecule has 0 saturated carbocycles. The summed E-state index contributed by atoms with van der Waals surface area (Å²) in [6.45, 7) is 2.24. The molecular weight excluding hydrogens is 561 g/mol. The molecule has 0 radical (unpaired) electrons. The smallest absolute Gasteiger partial charge is 0.418 e. The van der Waals surface area contributed by atoms with E-state index in [-0.39, 0.29) is 34.5 Å². The Hall–Kier alpha value is -3.58. The predicted octanol–water partition coefficient (Wildman–Crippen LogP) is 5.32. The number of halogens is 4. The van der Waals surface area contributed by atoms with Crippen LogP contribution < -0.4 is 14.4 Å². The van der Waals surface area contributed by atoms with Gasteiger partial charge in [-0.15, -0.1) is 0 Å². The van der Waals surface area contributed by atoms with Gasteiger partial charge in [0, 0.05) is 18.7 Å². The Morgan fingerprint density at radius 1 is 1.18 bits per heavy atom. The summed E-state index contributed by atoms with van der Waals surface area (Å²) in [7, 11) is -3.06. The standard InChI is InChI=1S/C25H24ClF3N4O5S/c1-24(23(34)35)11-4-12-33(14-24)20-5-3-6-21(31-20)39(36,37)32-19-10-8-17(25(27,28)29)22(30-19)16-13-15(38-2)7-9-18(16)26/h3,5-10,13H,4,11-12,14H2,1-2H3,(H,30,32)(H,34,35). The van der Waals surface area contributed by atoms with Gasteiger partial charge in [0.05, 0.1) is 28.8 Å². The summed E-state index contributed by atoms with van der Waals surface area (Å²) in [4.78, 5) is 21.6. The summed E-state index contributed by atoms with van der Waals surface area (Å²) < 4.78 is 75.0. The lowest BCUT2D eigenvalue weighted by Gasteiger charge is -2.38. The van der Waals surface area contributed by atoms with E-state index in [0.717, 1.165) is 6.07 Å². The van der Waals surface area contributed by atoms with Crippen molar-refractivity contribution in [2.45, 2.75) is 31.0 Å². The third-order valence-electron chi connectivity index (χ3n) is 6.39. The molecule has 14 heteroatoms. The highest BCUT2D eigenvalue weighted by Crippen LogP contribution is 2.40. The number of alkyl halides is 3. The number of nitrogens with zero attached hydrogens (tertiary/aromatic N) is 3. The van der Waals surface area contributed by atoms with Crippen LogP contribution in [0.2, 0.25) is 5.02 Å². The van der Waals surface area contributed by atoms with Gasteiger partial charge in [-0.05, 0) is 62.2 Å². The summed E-state index contributed by atoms with van der Waals surface area (Å²) in [5, 5.41) is 9.13. The molecule has 0 bridgehead atoms. The van der Waals surface area contributed by atoms with Crippen LogP contribution in [0.15, 0.2) is 53.6 Å². The van der Waals surface area contributed by atoms with Crippen LogP contribution in [0.1, 0.15) is 25.3 Å². The summed E-state index contributed by atoms with van der Waals surface area (Å²) in [5.74, 6) is -0.860. The quantitative estimate of drug-likeness (QED) is 0.383. The van der Waals surface area contributed by atoms with E-state index in [0.29, 0.717) is 25.5 Å². The first-order valence-corrected chi connectivity index (χ1v) is 13.5. The Balaban J connectivity index is 1.69. The van der Waals surface area contributed by atoms with Crippen molar-refractivity contribution in [2.24, 2.45) is 5.41 Å². The number of nitrogens with one attached hydrogen (secondary N) is 1. The average molecular weight is 585 g/mol. The molecular formula is C25H24ClF3N4O5S. The topological polar surface area (TPSA) is 122 Å². The first-order chi connectivity index (χ1) is 18.2. The van der Waals surface area contributed by atoms with E-state index < -0.39 is 43.9 Å². The van der Waals surface area contributed by atoms with Gasteiger partial charge in [-0.1, -0.05) is 17.7 Å². The van der Waals surface area contributed by atoms with Crippen LogP contribution >= 0.6 is 11.6 Å². The van der Waals surface area contributed by atoms with Crippen LogP contribution in [-0.4, -0.2) is 49.7 Å². The van der Waals surface area contributed by atoms with E-state index in [1.165, 1.54) is 37.4 Å². The number of rotatable bonds is 7. The van der Waals surface area contributed by atoms with Gasteiger partial charge in [-0.25, -0.2) is 9.97 Å². The van der Waals surface area contributed by atoms with Crippen LogP contribution in [0, 0.1) is 5.41 Å². The molecule has 0 aliphatic carbocycles. The van der Waals surface area contributed by atoms with E-state index in [1.807, 2.05) is 0 Å². The summed E-state index contributed by atoms with van der Waals surface area (Å²) >= 11 is 6.17. The van der Waals surface area contributed by atoms with Crippen molar-refractivity contribution >= 4 is 39.2 Å². The van der Waals surface area contributed by atoms with Gasteiger partial charge >= 0.3 is 12.1 Å². The zero-order valence-corrected chi connectivity index (χ0v) is 22.4. The highest BCUT2D eigenvalue weighted by molar-refractivity contribution is 7.92.